The average molecular weight is 272 g/mol. The normalized spacial score (nSPS) is 32.7. The lowest BCUT2D eigenvalue weighted by molar-refractivity contribution is -0.131. The van der Waals surface area contributed by atoms with E-state index in [2.05, 4.69) is 24.1 Å². The molecule has 2 aliphatic rings. The maximum atomic E-state index is 12.8. The number of benzene rings is 1. The molecule has 108 valence electrons. The van der Waals surface area contributed by atoms with Crippen molar-refractivity contribution in [3.8, 4) is 0 Å². The summed E-state index contributed by atoms with van der Waals surface area (Å²) >= 11 is 0. The van der Waals surface area contributed by atoms with Gasteiger partial charge >= 0.3 is 0 Å². The molecule has 0 spiro atoms. The Balaban J connectivity index is 1.80. The Labute approximate surface area is 121 Å². The van der Waals surface area contributed by atoms with Crippen LogP contribution in [0.15, 0.2) is 30.3 Å². The van der Waals surface area contributed by atoms with E-state index in [1.54, 1.807) is 0 Å². The summed E-state index contributed by atoms with van der Waals surface area (Å²) in [5.41, 5.74) is 1.09. The summed E-state index contributed by atoms with van der Waals surface area (Å²) in [5.74, 6) is 0.991. The van der Waals surface area contributed by atoms with Crippen LogP contribution in [-0.4, -0.2) is 23.0 Å². The van der Waals surface area contributed by atoms with Crippen LogP contribution in [-0.2, 0) is 4.79 Å². The molecule has 1 aliphatic carbocycles. The zero-order valence-electron chi connectivity index (χ0n) is 12.4. The number of hydrogen-bond donors (Lipinski definition) is 1. The minimum atomic E-state index is -0.147. The lowest BCUT2D eigenvalue weighted by Gasteiger charge is -2.24. The van der Waals surface area contributed by atoms with Crippen molar-refractivity contribution in [3.63, 3.8) is 0 Å². The second kappa shape index (κ2) is 5.57. The fourth-order valence-corrected chi connectivity index (χ4v) is 3.43. The van der Waals surface area contributed by atoms with Gasteiger partial charge in [0.25, 0.3) is 0 Å². The molecule has 1 saturated carbocycles. The molecule has 3 rings (SSSR count). The van der Waals surface area contributed by atoms with Gasteiger partial charge in [0, 0.05) is 6.04 Å². The summed E-state index contributed by atoms with van der Waals surface area (Å²) in [6.07, 6.45) is 4.74. The number of carbonyl (C=O) groups is 1. The van der Waals surface area contributed by atoms with Gasteiger partial charge in [0.05, 0.1) is 6.17 Å². The summed E-state index contributed by atoms with van der Waals surface area (Å²) in [6, 6.07) is 10.4. The molecule has 0 bridgehead atoms. The largest absolute Gasteiger partial charge is 0.322 e. The van der Waals surface area contributed by atoms with Crippen LogP contribution in [0.5, 0.6) is 0 Å². The Morgan fingerprint density at radius 3 is 2.60 bits per heavy atom. The number of amides is 1. The molecule has 1 saturated heterocycles. The molecule has 3 nitrogen and oxygen atoms in total. The molecule has 1 amide bonds. The molecule has 20 heavy (non-hydrogen) atoms. The van der Waals surface area contributed by atoms with Crippen LogP contribution < -0.4 is 5.32 Å². The van der Waals surface area contributed by atoms with Crippen LogP contribution >= 0.6 is 0 Å². The van der Waals surface area contributed by atoms with E-state index in [0.29, 0.717) is 6.04 Å². The van der Waals surface area contributed by atoms with E-state index in [9.17, 15) is 4.79 Å². The van der Waals surface area contributed by atoms with Gasteiger partial charge in [-0.05, 0) is 24.3 Å². The van der Waals surface area contributed by atoms with Crippen LogP contribution in [0.1, 0.15) is 51.1 Å². The number of hydrogen-bond acceptors (Lipinski definition) is 2. The van der Waals surface area contributed by atoms with E-state index in [1.807, 2.05) is 30.3 Å². The quantitative estimate of drug-likeness (QED) is 0.893. The highest BCUT2D eigenvalue weighted by molar-refractivity contribution is 5.86. The van der Waals surface area contributed by atoms with E-state index in [4.69, 9.17) is 0 Å². The van der Waals surface area contributed by atoms with Gasteiger partial charge in [-0.2, -0.15) is 0 Å². The molecule has 1 heterocycles. The highest BCUT2D eigenvalue weighted by Gasteiger charge is 2.50. The van der Waals surface area contributed by atoms with Crippen molar-refractivity contribution in [1.29, 1.82) is 0 Å². The first-order valence-electron chi connectivity index (χ1n) is 7.89. The fourth-order valence-electron chi connectivity index (χ4n) is 3.43. The molecule has 0 aromatic heterocycles. The molecular formula is C17H24N2O. The van der Waals surface area contributed by atoms with Gasteiger partial charge in [-0.15, -0.1) is 0 Å². The molecular weight excluding hydrogens is 248 g/mol. The van der Waals surface area contributed by atoms with E-state index in [-0.39, 0.29) is 18.1 Å². The van der Waals surface area contributed by atoms with Crippen molar-refractivity contribution in [2.45, 2.75) is 57.8 Å². The van der Waals surface area contributed by atoms with Gasteiger partial charge in [-0.1, -0.05) is 57.0 Å². The van der Waals surface area contributed by atoms with Crippen molar-refractivity contribution >= 4 is 5.91 Å². The summed E-state index contributed by atoms with van der Waals surface area (Å²) in [7, 11) is 0. The predicted molar refractivity (Wildman–Crippen MR) is 80.0 cm³/mol. The number of carbonyl (C=O) groups excluding carboxylic acids is 1. The number of nitrogens with one attached hydrogen (secondary N) is 1. The summed E-state index contributed by atoms with van der Waals surface area (Å²) in [5, 5.41) is 3.55. The van der Waals surface area contributed by atoms with Gasteiger partial charge in [0.15, 0.2) is 0 Å². The molecule has 1 aromatic rings. The van der Waals surface area contributed by atoms with Crippen molar-refractivity contribution in [1.82, 2.24) is 10.2 Å². The van der Waals surface area contributed by atoms with Crippen LogP contribution in [0.25, 0.3) is 0 Å². The standard InChI is InChI=1S/C17H24N2O/c1-3-8-15-18-16(13-9-6-5-7-10-13)17(20)19(15)14-11-12(14)4-2/h5-7,9-10,12,14-16,18H,3-4,8,11H2,1-2H3. The Bertz CT molecular complexity index is 473. The first-order valence-corrected chi connectivity index (χ1v) is 7.89. The van der Waals surface area contributed by atoms with Crippen LogP contribution in [0.4, 0.5) is 0 Å². The highest BCUT2D eigenvalue weighted by Crippen LogP contribution is 2.43. The lowest BCUT2D eigenvalue weighted by atomic mass is 10.1. The minimum Gasteiger partial charge on any atom is -0.322 e. The Morgan fingerprint density at radius 2 is 2.00 bits per heavy atom. The van der Waals surface area contributed by atoms with Crippen LogP contribution in [0.2, 0.25) is 0 Å². The zero-order valence-corrected chi connectivity index (χ0v) is 12.4. The van der Waals surface area contributed by atoms with Gasteiger partial charge in [-0.3, -0.25) is 10.1 Å². The SMILES string of the molecule is CCCC1NC(c2ccccc2)C(=O)N1C1CC1CC. The van der Waals surface area contributed by atoms with Crippen molar-refractivity contribution < 1.29 is 4.79 Å². The fraction of sp³-hybridized carbons (Fsp3) is 0.588. The van der Waals surface area contributed by atoms with Crippen LogP contribution in [0.3, 0.4) is 0 Å². The number of nitrogens with zero attached hydrogens (tertiary/aromatic N) is 1. The first kappa shape index (κ1) is 13.6. The highest BCUT2D eigenvalue weighted by atomic mass is 16.2. The molecule has 3 heteroatoms. The first-order chi connectivity index (χ1) is 9.76. The predicted octanol–water partition coefficient (Wildman–Crippen LogP) is 3.08. The summed E-state index contributed by atoms with van der Waals surface area (Å²) < 4.78 is 0. The zero-order chi connectivity index (χ0) is 14.1. The van der Waals surface area contributed by atoms with Gasteiger partial charge in [0.1, 0.15) is 6.04 Å². The second-order valence-electron chi connectivity index (χ2n) is 6.03. The van der Waals surface area contributed by atoms with E-state index in [1.165, 1.54) is 12.8 Å². The van der Waals surface area contributed by atoms with Crippen LogP contribution in [0, 0.1) is 5.92 Å². The third-order valence-electron chi connectivity index (χ3n) is 4.66. The summed E-state index contributed by atoms with van der Waals surface area (Å²) in [6.45, 7) is 4.41. The smallest absolute Gasteiger partial charge is 0.245 e. The Hall–Kier alpha value is -1.35. The minimum absolute atomic E-state index is 0.147. The monoisotopic (exact) mass is 272 g/mol. The average Bonchev–Trinajstić information content (AvgIpc) is 3.18. The van der Waals surface area contributed by atoms with Crippen molar-refractivity contribution in [2.75, 3.05) is 0 Å². The third kappa shape index (κ3) is 2.35. The maximum Gasteiger partial charge on any atom is 0.245 e. The molecule has 1 aromatic carbocycles. The maximum absolute atomic E-state index is 12.8. The van der Waals surface area contributed by atoms with Crippen molar-refractivity contribution in [3.05, 3.63) is 35.9 Å². The molecule has 1 aliphatic heterocycles. The van der Waals surface area contributed by atoms with Gasteiger partial charge < -0.3 is 4.90 Å². The topological polar surface area (TPSA) is 32.3 Å². The molecule has 0 radical (unpaired) electrons. The van der Waals surface area contributed by atoms with Gasteiger partial charge in [-0.25, -0.2) is 0 Å². The van der Waals surface area contributed by atoms with E-state index >= 15 is 0 Å². The summed E-state index contributed by atoms with van der Waals surface area (Å²) in [4.78, 5) is 14.9. The molecule has 4 unspecified atom stereocenters. The lowest BCUT2D eigenvalue weighted by Crippen LogP contribution is -2.39. The molecule has 1 N–H and O–H groups in total. The van der Waals surface area contributed by atoms with E-state index < -0.39 is 0 Å². The van der Waals surface area contributed by atoms with Gasteiger partial charge in [0.2, 0.25) is 5.91 Å². The van der Waals surface area contributed by atoms with Crippen molar-refractivity contribution in [2.24, 2.45) is 5.92 Å². The molecule has 4 atom stereocenters. The number of rotatable bonds is 5. The Morgan fingerprint density at radius 1 is 1.25 bits per heavy atom. The second-order valence-corrected chi connectivity index (χ2v) is 6.03. The third-order valence-corrected chi connectivity index (χ3v) is 4.66. The molecule has 2 fully saturated rings. The Kier molecular flexibility index (Phi) is 3.79. The van der Waals surface area contributed by atoms with E-state index in [0.717, 1.165) is 24.3 Å².